The molecule has 0 saturated carbocycles. The fourth-order valence-corrected chi connectivity index (χ4v) is 3.55. The lowest BCUT2D eigenvalue weighted by molar-refractivity contribution is 0.212. The van der Waals surface area contributed by atoms with Gasteiger partial charge in [-0.05, 0) is 49.2 Å². The van der Waals surface area contributed by atoms with Gasteiger partial charge in [-0.25, -0.2) is 4.98 Å². The smallest absolute Gasteiger partial charge is 0.248 e. The molecule has 0 bridgehead atoms. The topological polar surface area (TPSA) is 129 Å². The van der Waals surface area contributed by atoms with Crippen molar-refractivity contribution < 1.29 is 5.11 Å². The molecule has 30 heavy (non-hydrogen) atoms. The first kappa shape index (κ1) is 21.7. The third-order valence-electron chi connectivity index (χ3n) is 5.25. The number of nitrogen functional groups attached to an aromatic ring is 1. The van der Waals surface area contributed by atoms with E-state index in [2.05, 4.69) is 32.5 Å². The Hall–Kier alpha value is -2.97. The molecule has 0 spiro atoms. The summed E-state index contributed by atoms with van der Waals surface area (Å²) in [6.45, 7) is 4.70. The van der Waals surface area contributed by atoms with Crippen LogP contribution in [0.15, 0.2) is 35.3 Å². The number of H-pyrrole nitrogens is 1. The fraction of sp³-hybridized carbons (Fsp3) is 0.409. The number of pyridine rings is 1. The van der Waals surface area contributed by atoms with Crippen LogP contribution in [-0.4, -0.2) is 39.3 Å². The fourth-order valence-electron chi connectivity index (χ4n) is 3.55. The van der Waals surface area contributed by atoms with Crippen LogP contribution in [0, 0.1) is 0 Å². The van der Waals surface area contributed by atoms with Crippen molar-refractivity contribution >= 4 is 22.7 Å². The van der Waals surface area contributed by atoms with Crippen molar-refractivity contribution in [2.24, 2.45) is 0 Å². The minimum Gasteiger partial charge on any atom is -0.394 e. The molecule has 0 fully saturated rings. The van der Waals surface area contributed by atoms with E-state index < -0.39 is 5.54 Å². The number of anilines is 2. The molecule has 1 unspecified atom stereocenters. The summed E-state index contributed by atoms with van der Waals surface area (Å²) in [5, 5.41) is 17.2. The van der Waals surface area contributed by atoms with Crippen LogP contribution >= 0.6 is 0 Å². The minimum absolute atomic E-state index is 0.0172. The second-order valence-corrected chi connectivity index (χ2v) is 7.88. The molecule has 1 atom stereocenters. The molecule has 2 aromatic heterocycles. The van der Waals surface area contributed by atoms with Gasteiger partial charge in [-0.3, -0.25) is 4.79 Å². The predicted molar refractivity (Wildman–Crippen MR) is 121 cm³/mol. The third kappa shape index (κ3) is 4.77. The Balaban J connectivity index is 2.07. The first-order valence-corrected chi connectivity index (χ1v) is 10.2. The van der Waals surface area contributed by atoms with E-state index in [9.17, 15) is 9.90 Å². The van der Waals surface area contributed by atoms with Crippen LogP contribution in [0.4, 0.5) is 11.8 Å². The number of nitrogens with one attached hydrogen (secondary N) is 3. The SMILES string of the molecule is CCCCC(C)(CO)Nc1nc(N)nc2cc(-c3cc(=O)[nH]cc3CNC)ccc12. The number of aliphatic hydroxyl groups excluding tert-OH is 1. The summed E-state index contributed by atoms with van der Waals surface area (Å²) in [5.41, 5.74) is 8.68. The molecule has 8 nitrogen and oxygen atoms in total. The summed E-state index contributed by atoms with van der Waals surface area (Å²) < 4.78 is 0. The van der Waals surface area contributed by atoms with Crippen LogP contribution in [-0.2, 0) is 6.54 Å². The Kier molecular flexibility index (Phi) is 6.69. The molecular formula is C22H30N6O2. The summed E-state index contributed by atoms with van der Waals surface area (Å²) >= 11 is 0. The molecule has 6 N–H and O–H groups in total. The quantitative estimate of drug-likeness (QED) is 0.367. The zero-order chi connectivity index (χ0) is 21.7. The van der Waals surface area contributed by atoms with Gasteiger partial charge in [0.25, 0.3) is 0 Å². The maximum atomic E-state index is 11.9. The molecule has 2 heterocycles. The van der Waals surface area contributed by atoms with E-state index in [1.165, 1.54) is 0 Å². The lowest BCUT2D eigenvalue weighted by Gasteiger charge is -2.30. The van der Waals surface area contributed by atoms with Gasteiger partial charge in [0.05, 0.1) is 17.7 Å². The van der Waals surface area contributed by atoms with Gasteiger partial charge in [0, 0.05) is 24.2 Å². The van der Waals surface area contributed by atoms with Crippen LogP contribution in [0.5, 0.6) is 0 Å². The molecule has 0 aliphatic rings. The first-order chi connectivity index (χ1) is 14.4. The van der Waals surface area contributed by atoms with Crippen molar-refractivity contribution in [3.63, 3.8) is 0 Å². The van der Waals surface area contributed by atoms with Crippen molar-refractivity contribution in [3.8, 4) is 11.1 Å². The number of nitrogens with two attached hydrogens (primary N) is 1. The number of nitrogens with zero attached hydrogens (tertiary/aromatic N) is 2. The summed E-state index contributed by atoms with van der Waals surface area (Å²) in [6, 6.07) is 7.37. The monoisotopic (exact) mass is 410 g/mol. The Morgan fingerprint density at radius 2 is 2.07 bits per heavy atom. The Morgan fingerprint density at radius 1 is 1.27 bits per heavy atom. The van der Waals surface area contributed by atoms with E-state index >= 15 is 0 Å². The van der Waals surface area contributed by atoms with Crippen molar-refractivity contribution in [2.45, 2.75) is 45.2 Å². The standard InChI is InChI=1S/C22H30N6O2/c1-4-5-8-22(2,13-29)28-20-16-7-6-14(9-18(16)26-21(23)27-20)17-10-19(30)25-12-15(17)11-24-3/h6-7,9-10,12,24,29H,4-5,8,11,13H2,1-3H3,(H,25,30)(H3,23,26,27,28). The van der Waals surface area contributed by atoms with Crippen molar-refractivity contribution in [1.29, 1.82) is 0 Å². The lowest BCUT2D eigenvalue weighted by atomic mass is 9.95. The average Bonchev–Trinajstić information content (AvgIpc) is 2.73. The normalized spacial score (nSPS) is 13.3. The lowest BCUT2D eigenvalue weighted by Crippen LogP contribution is -2.39. The molecule has 0 saturated heterocycles. The Bertz CT molecular complexity index is 1080. The average molecular weight is 411 g/mol. The van der Waals surface area contributed by atoms with Crippen LogP contribution in [0.3, 0.4) is 0 Å². The number of benzene rings is 1. The molecule has 1 aromatic carbocycles. The van der Waals surface area contributed by atoms with Crippen LogP contribution in [0.25, 0.3) is 22.0 Å². The molecule has 3 aromatic rings. The maximum absolute atomic E-state index is 11.9. The molecule has 160 valence electrons. The number of fused-ring (bicyclic) bond motifs is 1. The summed E-state index contributed by atoms with van der Waals surface area (Å²) in [6.07, 6.45) is 4.56. The van der Waals surface area contributed by atoms with Gasteiger partial charge in [0.2, 0.25) is 11.5 Å². The molecular weight excluding hydrogens is 380 g/mol. The van der Waals surface area contributed by atoms with Crippen molar-refractivity contribution in [2.75, 3.05) is 24.7 Å². The Morgan fingerprint density at radius 3 is 2.77 bits per heavy atom. The second-order valence-electron chi connectivity index (χ2n) is 7.88. The number of hydrogen-bond donors (Lipinski definition) is 5. The molecule has 0 radical (unpaired) electrons. The van der Waals surface area contributed by atoms with Gasteiger partial charge < -0.3 is 26.5 Å². The van der Waals surface area contributed by atoms with Gasteiger partial charge in [-0.2, -0.15) is 4.98 Å². The molecule has 3 rings (SSSR count). The van der Waals surface area contributed by atoms with Crippen LogP contribution in [0.1, 0.15) is 38.7 Å². The van der Waals surface area contributed by atoms with Gasteiger partial charge in [0.1, 0.15) is 5.82 Å². The van der Waals surface area contributed by atoms with E-state index in [0.29, 0.717) is 17.9 Å². The number of aromatic nitrogens is 3. The molecule has 8 heteroatoms. The highest BCUT2D eigenvalue weighted by Gasteiger charge is 2.24. The van der Waals surface area contributed by atoms with E-state index in [1.807, 2.05) is 32.2 Å². The summed E-state index contributed by atoms with van der Waals surface area (Å²) in [5.74, 6) is 0.748. The highest BCUT2D eigenvalue weighted by atomic mass is 16.3. The van der Waals surface area contributed by atoms with E-state index in [1.54, 1.807) is 12.3 Å². The highest BCUT2D eigenvalue weighted by molar-refractivity contribution is 5.93. The van der Waals surface area contributed by atoms with E-state index in [-0.39, 0.29) is 18.1 Å². The zero-order valence-electron chi connectivity index (χ0n) is 17.7. The van der Waals surface area contributed by atoms with Gasteiger partial charge in [-0.1, -0.05) is 25.8 Å². The number of unbranched alkanes of at least 4 members (excludes halogenated alkanes) is 1. The third-order valence-corrected chi connectivity index (χ3v) is 5.25. The molecule has 0 amide bonds. The predicted octanol–water partition coefficient (Wildman–Crippen LogP) is 2.64. The van der Waals surface area contributed by atoms with E-state index in [0.717, 1.165) is 41.3 Å². The highest BCUT2D eigenvalue weighted by Crippen LogP contribution is 2.30. The number of aromatic amines is 1. The zero-order valence-corrected chi connectivity index (χ0v) is 17.7. The minimum atomic E-state index is -0.505. The molecule has 0 aliphatic heterocycles. The second kappa shape index (κ2) is 9.23. The Labute approximate surface area is 176 Å². The van der Waals surface area contributed by atoms with Crippen LogP contribution in [0.2, 0.25) is 0 Å². The van der Waals surface area contributed by atoms with Crippen molar-refractivity contribution in [3.05, 3.63) is 46.4 Å². The number of rotatable bonds is 9. The van der Waals surface area contributed by atoms with Crippen molar-refractivity contribution in [1.82, 2.24) is 20.3 Å². The first-order valence-electron chi connectivity index (χ1n) is 10.2. The van der Waals surface area contributed by atoms with Gasteiger partial charge >= 0.3 is 0 Å². The number of aliphatic hydroxyl groups is 1. The van der Waals surface area contributed by atoms with Crippen LogP contribution < -0.4 is 21.9 Å². The summed E-state index contributed by atoms with van der Waals surface area (Å²) in [7, 11) is 1.86. The molecule has 0 aliphatic carbocycles. The number of hydrogen-bond acceptors (Lipinski definition) is 7. The van der Waals surface area contributed by atoms with E-state index in [4.69, 9.17) is 5.73 Å². The van der Waals surface area contributed by atoms with Gasteiger partial charge in [-0.15, -0.1) is 0 Å². The van der Waals surface area contributed by atoms with Gasteiger partial charge in [0.15, 0.2) is 0 Å². The largest absolute Gasteiger partial charge is 0.394 e. The summed E-state index contributed by atoms with van der Waals surface area (Å²) in [4.78, 5) is 23.4. The maximum Gasteiger partial charge on any atom is 0.248 e.